The molecule has 7 heteroatoms. The monoisotopic (exact) mass is 431 g/mol. The molecule has 0 N–H and O–H groups in total. The summed E-state index contributed by atoms with van der Waals surface area (Å²) in [5, 5.41) is 0. The molecule has 2 heterocycles. The van der Waals surface area contributed by atoms with Crippen molar-refractivity contribution in [1.82, 2.24) is 0 Å². The first-order chi connectivity index (χ1) is 12.5. The minimum atomic E-state index is -1.10. The van der Waals surface area contributed by atoms with Gasteiger partial charge in [-0.2, -0.15) is 0 Å². The summed E-state index contributed by atoms with van der Waals surface area (Å²) in [5.74, 6) is -0.924. The van der Waals surface area contributed by atoms with Gasteiger partial charge in [-0.25, -0.2) is 4.79 Å². The summed E-state index contributed by atoms with van der Waals surface area (Å²) in [6.45, 7) is -0.346. The summed E-state index contributed by atoms with van der Waals surface area (Å²) in [6.07, 6.45) is 0.660. The highest BCUT2D eigenvalue weighted by molar-refractivity contribution is 9.10. The molecule has 1 atom stereocenters. The molecule has 0 spiro atoms. The molecule has 2 aliphatic rings. The fraction of sp³-hybridized carbons (Fsp3) is 0.211. The molecule has 5 nitrogen and oxygen atoms in total. The van der Waals surface area contributed by atoms with Crippen molar-refractivity contribution in [2.45, 2.75) is 22.6 Å². The maximum atomic E-state index is 12.9. The van der Waals surface area contributed by atoms with Crippen molar-refractivity contribution in [3.8, 4) is 0 Å². The van der Waals surface area contributed by atoms with Gasteiger partial charge in [0.15, 0.2) is 17.3 Å². The molecule has 1 saturated heterocycles. The SMILES string of the molecule is O=C(COC(=O)[C@@]12CCC(=O)N1c1ccccc1S2)c1ccc(Br)cc1. The average molecular weight is 432 g/mol. The third-order valence-corrected chi connectivity index (χ3v) is 6.48. The fourth-order valence-electron chi connectivity index (χ4n) is 3.24. The lowest BCUT2D eigenvalue weighted by Crippen LogP contribution is -2.48. The highest BCUT2D eigenvalue weighted by atomic mass is 79.9. The second-order valence-electron chi connectivity index (χ2n) is 6.09. The highest BCUT2D eigenvalue weighted by Crippen LogP contribution is 2.56. The van der Waals surface area contributed by atoms with Gasteiger partial charge in [-0.05, 0) is 24.3 Å². The maximum Gasteiger partial charge on any atom is 0.343 e. The summed E-state index contributed by atoms with van der Waals surface area (Å²) in [7, 11) is 0. The minimum Gasteiger partial charge on any atom is -0.455 e. The van der Waals surface area contributed by atoms with Crippen molar-refractivity contribution in [3.05, 3.63) is 58.6 Å². The lowest BCUT2D eigenvalue weighted by molar-refractivity contribution is -0.145. The first kappa shape index (κ1) is 17.3. The number of esters is 1. The van der Waals surface area contributed by atoms with Crippen LogP contribution >= 0.6 is 27.7 Å². The molecule has 1 amide bonds. The number of Topliss-reactive ketones (excluding diaryl/α,β-unsaturated/α-hetero) is 1. The number of hydrogen-bond donors (Lipinski definition) is 0. The minimum absolute atomic E-state index is 0.0985. The zero-order valence-electron chi connectivity index (χ0n) is 13.6. The molecule has 2 aromatic carbocycles. The van der Waals surface area contributed by atoms with Crippen LogP contribution < -0.4 is 4.90 Å². The van der Waals surface area contributed by atoms with E-state index in [9.17, 15) is 14.4 Å². The third kappa shape index (κ3) is 2.75. The van der Waals surface area contributed by atoms with Gasteiger partial charge in [-0.1, -0.05) is 52.0 Å². The van der Waals surface area contributed by atoms with Crippen LogP contribution in [0.1, 0.15) is 23.2 Å². The number of ketones is 1. The predicted molar refractivity (Wildman–Crippen MR) is 101 cm³/mol. The van der Waals surface area contributed by atoms with E-state index in [4.69, 9.17) is 4.74 Å². The number of nitrogens with zero attached hydrogens (tertiary/aromatic N) is 1. The van der Waals surface area contributed by atoms with Gasteiger partial charge in [0.2, 0.25) is 5.91 Å². The number of hydrogen-bond acceptors (Lipinski definition) is 5. The van der Waals surface area contributed by atoms with Crippen molar-refractivity contribution in [2.24, 2.45) is 0 Å². The maximum absolute atomic E-state index is 12.9. The molecule has 26 heavy (non-hydrogen) atoms. The van der Waals surface area contributed by atoms with E-state index in [1.165, 1.54) is 16.7 Å². The Bertz CT molecular complexity index is 914. The molecular weight excluding hydrogens is 418 g/mol. The Morgan fingerprint density at radius 2 is 1.88 bits per heavy atom. The van der Waals surface area contributed by atoms with E-state index in [0.29, 0.717) is 12.0 Å². The standard InChI is InChI=1S/C19H14BrNO4S/c20-13-7-5-12(6-8-13)15(22)11-25-18(24)19-10-9-17(23)21(19)14-3-1-2-4-16(14)26-19/h1-8H,9-11H2/t19-/m0/s1. The van der Waals surface area contributed by atoms with Crippen LogP contribution in [0.4, 0.5) is 5.69 Å². The number of fused-ring (bicyclic) bond motifs is 3. The number of benzene rings is 2. The van der Waals surface area contributed by atoms with Crippen LogP contribution in [-0.2, 0) is 14.3 Å². The lowest BCUT2D eigenvalue weighted by Gasteiger charge is -2.28. The van der Waals surface area contributed by atoms with Crippen LogP contribution in [0.25, 0.3) is 0 Å². The zero-order valence-corrected chi connectivity index (χ0v) is 16.0. The Balaban J connectivity index is 1.52. The third-order valence-electron chi connectivity index (χ3n) is 4.49. The number of rotatable bonds is 4. The van der Waals surface area contributed by atoms with Gasteiger partial charge in [-0.3, -0.25) is 14.5 Å². The molecular formula is C19H14BrNO4S. The second-order valence-corrected chi connectivity index (χ2v) is 8.32. The van der Waals surface area contributed by atoms with Gasteiger partial charge in [-0.15, -0.1) is 0 Å². The van der Waals surface area contributed by atoms with Crippen LogP contribution in [0.15, 0.2) is 57.9 Å². The van der Waals surface area contributed by atoms with Crippen LogP contribution in [0, 0.1) is 0 Å². The number of anilines is 1. The Morgan fingerprint density at radius 1 is 1.15 bits per heavy atom. The van der Waals surface area contributed by atoms with Crippen LogP contribution in [-0.4, -0.2) is 29.1 Å². The van der Waals surface area contributed by atoms with Gasteiger partial charge in [0.1, 0.15) is 0 Å². The molecule has 132 valence electrons. The molecule has 2 aromatic rings. The fourth-order valence-corrected chi connectivity index (χ4v) is 4.91. The molecule has 0 saturated carbocycles. The first-order valence-corrected chi connectivity index (χ1v) is 9.69. The van der Waals surface area contributed by atoms with E-state index in [0.717, 1.165) is 15.1 Å². The smallest absolute Gasteiger partial charge is 0.343 e. The Hall–Kier alpha value is -2.12. The normalized spacial score (nSPS) is 20.7. The summed E-state index contributed by atoms with van der Waals surface area (Å²) < 4.78 is 6.21. The Kier molecular flexibility index (Phi) is 4.36. The van der Waals surface area contributed by atoms with E-state index >= 15 is 0 Å². The summed E-state index contributed by atoms with van der Waals surface area (Å²) in [5.41, 5.74) is 1.21. The number of para-hydroxylation sites is 1. The molecule has 0 radical (unpaired) electrons. The highest BCUT2D eigenvalue weighted by Gasteiger charge is 2.58. The largest absolute Gasteiger partial charge is 0.455 e. The number of ether oxygens (including phenoxy) is 1. The number of thioether (sulfide) groups is 1. The number of halogens is 1. The molecule has 0 unspecified atom stereocenters. The van der Waals surface area contributed by atoms with Crippen molar-refractivity contribution in [3.63, 3.8) is 0 Å². The van der Waals surface area contributed by atoms with Crippen LogP contribution in [0.3, 0.4) is 0 Å². The molecule has 4 rings (SSSR count). The average Bonchev–Trinajstić information content (AvgIpc) is 3.16. The molecule has 2 aliphatic heterocycles. The Labute approximate surface area is 162 Å². The summed E-state index contributed by atoms with van der Waals surface area (Å²) in [6, 6.07) is 14.3. The topological polar surface area (TPSA) is 63.7 Å². The van der Waals surface area contributed by atoms with Gasteiger partial charge >= 0.3 is 5.97 Å². The predicted octanol–water partition coefficient (Wildman–Crippen LogP) is 3.80. The summed E-state index contributed by atoms with van der Waals surface area (Å²) >= 11 is 4.64. The van der Waals surface area contributed by atoms with Gasteiger partial charge in [0.25, 0.3) is 0 Å². The number of amides is 1. The number of carbonyl (C=O) groups is 3. The van der Waals surface area contributed by atoms with E-state index in [2.05, 4.69) is 15.9 Å². The van der Waals surface area contributed by atoms with E-state index in [1.54, 1.807) is 24.3 Å². The van der Waals surface area contributed by atoms with E-state index in [1.807, 2.05) is 24.3 Å². The van der Waals surface area contributed by atoms with Gasteiger partial charge in [0.05, 0.1) is 5.69 Å². The summed E-state index contributed by atoms with van der Waals surface area (Å²) in [4.78, 5) is 38.8. The van der Waals surface area contributed by atoms with E-state index < -0.39 is 10.8 Å². The van der Waals surface area contributed by atoms with Crippen molar-refractivity contribution < 1.29 is 19.1 Å². The number of carbonyl (C=O) groups excluding carboxylic acids is 3. The van der Waals surface area contributed by atoms with Crippen LogP contribution in [0.5, 0.6) is 0 Å². The molecule has 0 aliphatic carbocycles. The second kappa shape index (κ2) is 6.55. The van der Waals surface area contributed by atoms with Gasteiger partial charge in [0, 0.05) is 27.8 Å². The zero-order chi connectivity index (χ0) is 18.3. The molecule has 1 fully saturated rings. The Morgan fingerprint density at radius 3 is 2.65 bits per heavy atom. The quantitative estimate of drug-likeness (QED) is 0.543. The van der Waals surface area contributed by atoms with Crippen molar-refractivity contribution in [2.75, 3.05) is 11.5 Å². The van der Waals surface area contributed by atoms with Crippen molar-refractivity contribution >= 4 is 51.0 Å². The lowest BCUT2D eigenvalue weighted by atomic mass is 10.1. The molecule has 0 bridgehead atoms. The van der Waals surface area contributed by atoms with Crippen LogP contribution in [0.2, 0.25) is 0 Å². The van der Waals surface area contributed by atoms with Gasteiger partial charge < -0.3 is 4.74 Å². The van der Waals surface area contributed by atoms with Crippen molar-refractivity contribution in [1.29, 1.82) is 0 Å². The van der Waals surface area contributed by atoms with E-state index in [-0.39, 0.29) is 24.7 Å². The molecule has 0 aromatic heterocycles. The first-order valence-electron chi connectivity index (χ1n) is 8.08.